The molecule has 0 aromatic heterocycles. The van der Waals surface area contributed by atoms with Crippen molar-refractivity contribution in [3.8, 4) is 0 Å². The third-order valence-corrected chi connectivity index (χ3v) is 3.46. The van der Waals surface area contributed by atoms with Crippen LogP contribution in [0.25, 0.3) is 0 Å². The van der Waals surface area contributed by atoms with E-state index in [0.29, 0.717) is 15.7 Å². The first kappa shape index (κ1) is 13.7. The second-order valence-corrected chi connectivity index (χ2v) is 4.98. The summed E-state index contributed by atoms with van der Waals surface area (Å²) in [5.41, 5.74) is 2.30. The Balaban J connectivity index is 2.15. The number of aryl methyl sites for hydroxylation is 1. The normalized spacial score (nSPS) is 10.3. The average Bonchev–Trinajstić information content (AvgIpc) is 2.42. The summed E-state index contributed by atoms with van der Waals surface area (Å²) in [5, 5.41) is 2.74. The molecule has 2 rings (SSSR count). The highest BCUT2D eigenvalue weighted by molar-refractivity contribution is 9.10. The number of nitrogens with one attached hydrogen (secondary N) is 1. The molecule has 19 heavy (non-hydrogen) atoms. The molecule has 1 amide bonds. The minimum Gasteiger partial charge on any atom is -0.321 e. The number of carbonyl (C=O) groups is 1. The largest absolute Gasteiger partial charge is 0.321 e. The van der Waals surface area contributed by atoms with Crippen LogP contribution in [0, 0.1) is 5.82 Å². The quantitative estimate of drug-likeness (QED) is 0.891. The van der Waals surface area contributed by atoms with Crippen LogP contribution in [0.1, 0.15) is 22.8 Å². The lowest BCUT2D eigenvalue weighted by molar-refractivity contribution is 0.102. The van der Waals surface area contributed by atoms with Crippen LogP contribution in [-0.2, 0) is 6.42 Å². The number of anilines is 1. The van der Waals surface area contributed by atoms with Crippen LogP contribution in [0.5, 0.6) is 0 Å². The second-order valence-electron chi connectivity index (χ2n) is 4.13. The molecule has 0 fully saturated rings. The highest BCUT2D eigenvalue weighted by atomic mass is 79.9. The fourth-order valence-electron chi connectivity index (χ4n) is 1.68. The van der Waals surface area contributed by atoms with Gasteiger partial charge < -0.3 is 5.32 Å². The summed E-state index contributed by atoms with van der Waals surface area (Å²) < 4.78 is 13.5. The van der Waals surface area contributed by atoms with Gasteiger partial charge in [-0.25, -0.2) is 4.39 Å². The maximum atomic E-state index is 12.9. The van der Waals surface area contributed by atoms with Crippen molar-refractivity contribution in [1.29, 1.82) is 0 Å². The fraction of sp³-hybridized carbons (Fsp3) is 0.133. The van der Waals surface area contributed by atoms with Crippen LogP contribution in [0.15, 0.2) is 46.9 Å². The first-order chi connectivity index (χ1) is 9.10. The predicted molar refractivity (Wildman–Crippen MR) is 77.9 cm³/mol. The molecule has 0 aliphatic rings. The van der Waals surface area contributed by atoms with E-state index in [1.54, 1.807) is 12.1 Å². The number of rotatable bonds is 3. The molecule has 0 saturated carbocycles. The van der Waals surface area contributed by atoms with Crippen molar-refractivity contribution in [2.75, 3.05) is 5.32 Å². The Labute approximate surface area is 119 Å². The molecule has 0 bridgehead atoms. The Morgan fingerprint density at radius 3 is 2.47 bits per heavy atom. The molecule has 1 N–H and O–H groups in total. The molecule has 0 aliphatic heterocycles. The molecule has 2 nitrogen and oxygen atoms in total. The highest BCUT2D eigenvalue weighted by Gasteiger charge is 2.08. The summed E-state index contributed by atoms with van der Waals surface area (Å²) in [6, 6.07) is 11.6. The van der Waals surface area contributed by atoms with Gasteiger partial charge >= 0.3 is 0 Å². The summed E-state index contributed by atoms with van der Waals surface area (Å²) in [6.45, 7) is 2.06. The zero-order valence-corrected chi connectivity index (χ0v) is 12.0. The number of hydrogen-bond acceptors (Lipinski definition) is 1. The first-order valence-corrected chi connectivity index (χ1v) is 6.75. The maximum Gasteiger partial charge on any atom is 0.255 e. The number of halogens is 2. The molecule has 0 radical (unpaired) electrons. The van der Waals surface area contributed by atoms with Crippen LogP contribution < -0.4 is 5.32 Å². The number of hydrogen-bond donors (Lipinski definition) is 1. The van der Waals surface area contributed by atoms with Gasteiger partial charge in [0, 0.05) is 10.0 Å². The van der Waals surface area contributed by atoms with E-state index in [2.05, 4.69) is 28.2 Å². The predicted octanol–water partition coefficient (Wildman–Crippen LogP) is 4.40. The van der Waals surface area contributed by atoms with E-state index in [-0.39, 0.29) is 11.7 Å². The van der Waals surface area contributed by atoms with Crippen LogP contribution in [-0.4, -0.2) is 5.91 Å². The van der Waals surface area contributed by atoms with Crippen molar-refractivity contribution in [2.24, 2.45) is 0 Å². The van der Waals surface area contributed by atoms with Crippen molar-refractivity contribution >= 4 is 27.5 Å². The molecule has 0 saturated heterocycles. The molecule has 2 aromatic carbocycles. The molecule has 0 atom stereocenters. The highest BCUT2D eigenvalue weighted by Crippen LogP contribution is 2.23. The third kappa shape index (κ3) is 3.41. The Morgan fingerprint density at radius 2 is 1.89 bits per heavy atom. The molecule has 0 spiro atoms. The van der Waals surface area contributed by atoms with Gasteiger partial charge in [-0.2, -0.15) is 0 Å². The Kier molecular flexibility index (Phi) is 4.32. The van der Waals surface area contributed by atoms with Gasteiger partial charge in [0.25, 0.3) is 5.91 Å². The van der Waals surface area contributed by atoms with Crippen molar-refractivity contribution in [3.63, 3.8) is 0 Å². The van der Waals surface area contributed by atoms with Gasteiger partial charge in [0.1, 0.15) is 5.82 Å². The summed E-state index contributed by atoms with van der Waals surface area (Å²) >= 11 is 3.22. The monoisotopic (exact) mass is 321 g/mol. The second kappa shape index (κ2) is 5.97. The van der Waals surface area contributed by atoms with Crippen molar-refractivity contribution in [1.82, 2.24) is 0 Å². The van der Waals surface area contributed by atoms with Crippen molar-refractivity contribution < 1.29 is 9.18 Å². The van der Waals surface area contributed by atoms with Crippen molar-refractivity contribution in [2.45, 2.75) is 13.3 Å². The average molecular weight is 322 g/mol. The van der Waals surface area contributed by atoms with E-state index in [9.17, 15) is 9.18 Å². The molecule has 2 aromatic rings. The van der Waals surface area contributed by atoms with Crippen LogP contribution in [0.2, 0.25) is 0 Å². The first-order valence-electron chi connectivity index (χ1n) is 5.95. The Morgan fingerprint density at radius 1 is 1.21 bits per heavy atom. The molecular formula is C15H13BrFNO. The lowest BCUT2D eigenvalue weighted by Crippen LogP contribution is -2.12. The number of benzene rings is 2. The van der Waals surface area contributed by atoms with E-state index in [0.717, 1.165) is 6.42 Å². The Hall–Kier alpha value is -1.68. The van der Waals surface area contributed by atoms with E-state index in [1.165, 1.54) is 23.8 Å². The summed E-state index contributed by atoms with van der Waals surface area (Å²) in [7, 11) is 0. The zero-order chi connectivity index (χ0) is 13.8. The van der Waals surface area contributed by atoms with Gasteiger partial charge in [0.15, 0.2) is 0 Å². The lowest BCUT2D eigenvalue weighted by Gasteiger charge is -2.08. The molecule has 0 heterocycles. The van der Waals surface area contributed by atoms with Crippen molar-refractivity contribution in [3.05, 3.63) is 63.9 Å². The SMILES string of the molecule is CCc1ccc(C(=O)Nc2ccc(F)cc2Br)cc1. The number of carbonyl (C=O) groups excluding carboxylic acids is 1. The lowest BCUT2D eigenvalue weighted by atomic mass is 10.1. The summed E-state index contributed by atoms with van der Waals surface area (Å²) in [6.07, 6.45) is 0.936. The topological polar surface area (TPSA) is 29.1 Å². The molecule has 0 unspecified atom stereocenters. The standard InChI is InChI=1S/C15H13BrFNO/c1-2-10-3-5-11(6-4-10)15(19)18-14-8-7-12(17)9-13(14)16/h3-9H,2H2,1H3,(H,18,19). The molecule has 0 aliphatic carbocycles. The summed E-state index contributed by atoms with van der Waals surface area (Å²) in [4.78, 5) is 12.0. The van der Waals surface area contributed by atoms with Crippen LogP contribution in [0.4, 0.5) is 10.1 Å². The minimum atomic E-state index is -0.350. The molecule has 98 valence electrons. The fourth-order valence-corrected chi connectivity index (χ4v) is 2.13. The third-order valence-electron chi connectivity index (χ3n) is 2.80. The van der Waals surface area contributed by atoms with Gasteiger partial charge in [-0.05, 0) is 58.2 Å². The van der Waals surface area contributed by atoms with E-state index >= 15 is 0 Å². The smallest absolute Gasteiger partial charge is 0.255 e. The van der Waals surface area contributed by atoms with Gasteiger partial charge in [0.05, 0.1) is 5.69 Å². The minimum absolute atomic E-state index is 0.213. The van der Waals surface area contributed by atoms with E-state index in [4.69, 9.17) is 0 Å². The van der Waals surface area contributed by atoms with E-state index < -0.39 is 0 Å². The van der Waals surface area contributed by atoms with Crippen LogP contribution >= 0.6 is 15.9 Å². The maximum absolute atomic E-state index is 12.9. The number of amides is 1. The van der Waals surface area contributed by atoms with Gasteiger partial charge in [-0.3, -0.25) is 4.79 Å². The van der Waals surface area contributed by atoms with E-state index in [1.807, 2.05) is 12.1 Å². The van der Waals surface area contributed by atoms with Gasteiger partial charge in [0.2, 0.25) is 0 Å². The molecular weight excluding hydrogens is 309 g/mol. The van der Waals surface area contributed by atoms with Crippen LogP contribution in [0.3, 0.4) is 0 Å². The van der Waals surface area contributed by atoms with Gasteiger partial charge in [-0.15, -0.1) is 0 Å². The summed E-state index contributed by atoms with van der Waals surface area (Å²) in [5.74, 6) is -0.563. The Bertz CT molecular complexity index is 596. The zero-order valence-electron chi connectivity index (χ0n) is 10.4. The molecule has 4 heteroatoms. The van der Waals surface area contributed by atoms with Gasteiger partial charge in [-0.1, -0.05) is 19.1 Å².